The van der Waals surface area contributed by atoms with E-state index in [2.05, 4.69) is 64.1 Å². The predicted octanol–water partition coefficient (Wildman–Crippen LogP) is 14.3. The van der Waals surface area contributed by atoms with Crippen molar-refractivity contribution < 1.29 is 20.4 Å². The standard InChI is InChI=1S/C27H36O2.C27H24O2/c2*1-27(2,21-13-15-25(28)23(17-21)19-9-5-3-6-10-19)22-14-16-26(29)24(18-22)20-11-7-4-8-12-20/h13-20,28-29H,3-12H2,1-2H3;3-18,28-29H,1-2H3. The molecule has 4 N–H and O–H groups in total. The molecule has 2 saturated carbocycles. The Morgan fingerprint density at radius 2 is 0.672 bits per heavy atom. The molecule has 6 aromatic carbocycles. The summed E-state index contributed by atoms with van der Waals surface area (Å²) in [7, 11) is 0. The number of benzene rings is 6. The van der Waals surface area contributed by atoms with Crippen LogP contribution in [0, 0.1) is 0 Å². The molecule has 8 rings (SSSR count). The summed E-state index contributed by atoms with van der Waals surface area (Å²) in [4.78, 5) is 0. The molecule has 300 valence electrons. The minimum atomic E-state index is -0.311. The lowest BCUT2D eigenvalue weighted by molar-refractivity contribution is 0.412. The molecule has 6 aromatic rings. The third-order valence-electron chi connectivity index (χ3n) is 13.2. The number of hydrogen-bond donors (Lipinski definition) is 4. The second-order valence-electron chi connectivity index (χ2n) is 17.7. The third-order valence-corrected chi connectivity index (χ3v) is 13.2. The highest BCUT2D eigenvalue weighted by Gasteiger charge is 2.29. The Morgan fingerprint density at radius 3 is 1.02 bits per heavy atom. The fourth-order valence-corrected chi connectivity index (χ4v) is 9.25. The molecule has 2 aliphatic rings. The molecular formula is C54H60O4. The first-order valence-electron chi connectivity index (χ1n) is 21.4. The highest BCUT2D eigenvalue weighted by Crippen LogP contribution is 2.44. The summed E-state index contributed by atoms with van der Waals surface area (Å²) in [6.07, 6.45) is 12.4. The van der Waals surface area contributed by atoms with Gasteiger partial charge in [0.05, 0.1) is 0 Å². The van der Waals surface area contributed by atoms with Crippen LogP contribution in [-0.4, -0.2) is 20.4 Å². The van der Waals surface area contributed by atoms with Crippen molar-refractivity contribution in [3.8, 4) is 45.3 Å². The van der Waals surface area contributed by atoms with Gasteiger partial charge < -0.3 is 20.4 Å². The van der Waals surface area contributed by atoms with Crippen molar-refractivity contribution in [3.05, 3.63) is 167 Å². The molecule has 0 atom stereocenters. The lowest BCUT2D eigenvalue weighted by Crippen LogP contribution is -2.20. The van der Waals surface area contributed by atoms with Gasteiger partial charge >= 0.3 is 0 Å². The van der Waals surface area contributed by atoms with Gasteiger partial charge in [-0.3, -0.25) is 0 Å². The Morgan fingerprint density at radius 1 is 0.362 bits per heavy atom. The second-order valence-corrected chi connectivity index (χ2v) is 17.7. The fraction of sp³-hybridized carbons (Fsp3) is 0.333. The van der Waals surface area contributed by atoms with Gasteiger partial charge in [0, 0.05) is 22.0 Å². The first-order chi connectivity index (χ1) is 27.9. The Hall–Kier alpha value is -5.48. The summed E-state index contributed by atoms with van der Waals surface area (Å²) in [5, 5.41) is 41.9. The molecule has 0 unspecified atom stereocenters. The molecule has 0 bridgehead atoms. The first kappa shape index (κ1) is 40.7. The van der Waals surface area contributed by atoms with E-state index >= 15 is 0 Å². The molecule has 0 spiro atoms. The van der Waals surface area contributed by atoms with Crippen LogP contribution < -0.4 is 0 Å². The summed E-state index contributed by atoms with van der Waals surface area (Å²) in [5.74, 6) is 2.40. The van der Waals surface area contributed by atoms with Gasteiger partial charge in [0.25, 0.3) is 0 Å². The maximum Gasteiger partial charge on any atom is 0.123 e. The van der Waals surface area contributed by atoms with E-state index < -0.39 is 0 Å². The zero-order valence-corrected chi connectivity index (χ0v) is 34.7. The van der Waals surface area contributed by atoms with Crippen LogP contribution in [0.5, 0.6) is 23.0 Å². The normalized spacial score (nSPS) is 15.4. The van der Waals surface area contributed by atoms with E-state index in [1.54, 1.807) is 12.1 Å². The van der Waals surface area contributed by atoms with Crippen LogP contribution in [0.25, 0.3) is 22.3 Å². The van der Waals surface area contributed by atoms with Gasteiger partial charge in [-0.1, -0.05) is 163 Å². The Kier molecular flexibility index (Phi) is 12.3. The molecule has 58 heavy (non-hydrogen) atoms. The van der Waals surface area contributed by atoms with Crippen LogP contribution in [0.15, 0.2) is 133 Å². The quantitative estimate of drug-likeness (QED) is 0.124. The van der Waals surface area contributed by atoms with Crippen molar-refractivity contribution in [2.45, 2.75) is 115 Å². The van der Waals surface area contributed by atoms with E-state index in [1.165, 1.54) is 75.3 Å². The largest absolute Gasteiger partial charge is 0.508 e. The van der Waals surface area contributed by atoms with Gasteiger partial charge in [-0.05, 0) is 118 Å². The first-order valence-corrected chi connectivity index (χ1v) is 21.4. The fourth-order valence-electron chi connectivity index (χ4n) is 9.25. The monoisotopic (exact) mass is 772 g/mol. The number of rotatable bonds is 8. The van der Waals surface area contributed by atoms with E-state index in [9.17, 15) is 20.4 Å². The van der Waals surface area contributed by atoms with Crippen LogP contribution in [-0.2, 0) is 10.8 Å². The zero-order valence-electron chi connectivity index (χ0n) is 34.7. The SMILES string of the molecule is CC(C)(c1ccc(O)c(-c2ccccc2)c1)c1ccc(O)c(-c2ccccc2)c1.CC(C)(c1ccc(O)c(C2CCCCC2)c1)c1ccc(O)c(C2CCCCC2)c1. The van der Waals surface area contributed by atoms with E-state index in [1.807, 2.05) is 84.9 Å². The zero-order chi connectivity index (χ0) is 40.9. The van der Waals surface area contributed by atoms with E-state index in [0.29, 0.717) is 23.3 Å². The minimum absolute atomic E-state index is 0.172. The van der Waals surface area contributed by atoms with E-state index in [0.717, 1.165) is 44.5 Å². The van der Waals surface area contributed by atoms with Crippen LogP contribution in [0.4, 0.5) is 0 Å². The van der Waals surface area contributed by atoms with Crippen LogP contribution in [0.2, 0.25) is 0 Å². The van der Waals surface area contributed by atoms with E-state index in [4.69, 9.17) is 0 Å². The topological polar surface area (TPSA) is 80.9 Å². The van der Waals surface area contributed by atoms with Crippen molar-refractivity contribution in [1.82, 2.24) is 0 Å². The van der Waals surface area contributed by atoms with Crippen molar-refractivity contribution in [3.63, 3.8) is 0 Å². The molecule has 4 nitrogen and oxygen atoms in total. The molecule has 0 saturated heterocycles. The predicted molar refractivity (Wildman–Crippen MR) is 239 cm³/mol. The highest BCUT2D eigenvalue weighted by molar-refractivity contribution is 5.73. The lowest BCUT2D eigenvalue weighted by Gasteiger charge is -2.31. The molecule has 0 amide bonds. The van der Waals surface area contributed by atoms with Gasteiger partial charge in [0.2, 0.25) is 0 Å². The van der Waals surface area contributed by atoms with Crippen molar-refractivity contribution >= 4 is 0 Å². The van der Waals surface area contributed by atoms with Crippen molar-refractivity contribution in [2.24, 2.45) is 0 Å². The van der Waals surface area contributed by atoms with Gasteiger partial charge in [-0.15, -0.1) is 0 Å². The summed E-state index contributed by atoms with van der Waals surface area (Å²) < 4.78 is 0. The average Bonchev–Trinajstić information content (AvgIpc) is 3.25. The van der Waals surface area contributed by atoms with Crippen molar-refractivity contribution in [2.75, 3.05) is 0 Å². The second kappa shape index (κ2) is 17.6. The molecule has 0 radical (unpaired) electrons. The summed E-state index contributed by atoms with van der Waals surface area (Å²) in [6, 6.07) is 43.8. The van der Waals surface area contributed by atoms with Gasteiger partial charge in [-0.2, -0.15) is 0 Å². The Balaban J connectivity index is 0.000000177. The number of phenols is 4. The average molecular weight is 773 g/mol. The maximum atomic E-state index is 10.5. The molecule has 0 aliphatic heterocycles. The maximum absolute atomic E-state index is 10.5. The molecular weight excluding hydrogens is 713 g/mol. The molecule has 4 heteroatoms. The number of hydrogen-bond acceptors (Lipinski definition) is 4. The van der Waals surface area contributed by atoms with Crippen LogP contribution >= 0.6 is 0 Å². The highest BCUT2D eigenvalue weighted by atomic mass is 16.3. The molecule has 0 heterocycles. The summed E-state index contributed by atoms with van der Waals surface area (Å²) in [5.41, 5.74) is 10.1. The molecule has 2 aliphatic carbocycles. The van der Waals surface area contributed by atoms with Crippen LogP contribution in [0.3, 0.4) is 0 Å². The Labute approximate surface area is 345 Å². The Bertz CT molecular complexity index is 2130. The lowest BCUT2D eigenvalue weighted by atomic mass is 9.74. The van der Waals surface area contributed by atoms with Crippen LogP contribution in [0.1, 0.15) is 137 Å². The number of aromatic hydroxyl groups is 4. The third kappa shape index (κ3) is 8.82. The summed E-state index contributed by atoms with van der Waals surface area (Å²) in [6.45, 7) is 8.85. The van der Waals surface area contributed by atoms with Crippen molar-refractivity contribution in [1.29, 1.82) is 0 Å². The van der Waals surface area contributed by atoms with Gasteiger partial charge in [0.15, 0.2) is 0 Å². The minimum Gasteiger partial charge on any atom is -0.508 e. The molecule has 2 fully saturated rings. The smallest absolute Gasteiger partial charge is 0.123 e. The van der Waals surface area contributed by atoms with E-state index in [-0.39, 0.29) is 22.3 Å². The molecule has 0 aromatic heterocycles. The number of phenolic OH excluding ortho intramolecular Hbond substituents is 4. The summed E-state index contributed by atoms with van der Waals surface area (Å²) >= 11 is 0. The van der Waals surface area contributed by atoms with Gasteiger partial charge in [0.1, 0.15) is 23.0 Å². The van der Waals surface area contributed by atoms with Gasteiger partial charge in [-0.25, -0.2) is 0 Å².